The number of hydrogen-bond acceptors (Lipinski definition) is 6. The standard InChI is InChI=1S/C16H19N3O4/c1-11-5-3-6-12(2)15(11)23-10-13(20)9-18-16-14(19(21)22)7-4-8-17-16/h3-8,13,20H,9-10H2,1-2H3,(H,17,18). The zero-order valence-electron chi connectivity index (χ0n) is 13.0. The molecule has 2 rings (SSSR count). The number of pyridine rings is 1. The van der Waals surface area contributed by atoms with Crippen molar-refractivity contribution >= 4 is 11.5 Å². The molecule has 0 aliphatic rings. The molecular weight excluding hydrogens is 298 g/mol. The van der Waals surface area contributed by atoms with Crippen LogP contribution in [0.25, 0.3) is 0 Å². The number of aryl methyl sites for hydroxylation is 2. The maximum absolute atomic E-state index is 10.9. The molecule has 7 heteroatoms. The van der Waals surface area contributed by atoms with Gasteiger partial charge in [-0.1, -0.05) is 18.2 Å². The summed E-state index contributed by atoms with van der Waals surface area (Å²) in [4.78, 5) is 14.3. The molecule has 1 heterocycles. The van der Waals surface area contributed by atoms with Gasteiger partial charge in [0.25, 0.3) is 0 Å². The summed E-state index contributed by atoms with van der Waals surface area (Å²) in [6, 6.07) is 8.66. The van der Waals surface area contributed by atoms with Gasteiger partial charge in [0.1, 0.15) is 18.5 Å². The number of hydrogen-bond donors (Lipinski definition) is 2. The molecule has 23 heavy (non-hydrogen) atoms. The average Bonchev–Trinajstić information content (AvgIpc) is 2.52. The summed E-state index contributed by atoms with van der Waals surface area (Å²) in [5.74, 6) is 0.874. The van der Waals surface area contributed by atoms with E-state index in [9.17, 15) is 15.2 Å². The van der Waals surface area contributed by atoms with Gasteiger partial charge in [0.2, 0.25) is 5.82 Å². The Hall–Kier alpha value is -2.67. The van der Waals surface area contributed by atoms with Crippen molar-refractivity contribution in [2.45, 2.75) is 20.0 Å². The van der Waals surface area contributed by atoms with Crippen LogP contribution in [-0.4, -0.2) is 34.3 Å². The Balaban J connectivity index is 1.91. The Morgan fingerprint density at radius 1 is 1.30 bits per heavy atom. The molecule has 1 unspecified atom stereocenters. The topological polar surface area (TPSA) is 97.5 Å². The fraction of sp³-hybridized carbons (Fsp3) is 0.312. The van der Waals surface area contributed by atoms with Crippen molar-refractivity contribution in [1.82, 2.24) is 4.98 Å². The molecule has 0 amide bonds. The van der Waals surface area contributed by atoms with Crippen molar-refractivity contribution in [2.75, 3.05) is 18.5 Å². The molecule has 2 N–H and O–H groups in total. The molecule has 1 atom stereocenters. The van der Waals surface area contributed by atoms with Crippen molar-refractivity contribution in [3.05, 3.63) is 57.8 Å². The highest BCUT2D eigenvalue weighted by Gasteiger charge is 2.15. The zero-order chi connectivity index (χ0) is 16.8. The summed E-state index contributed by atoms with van der Waals surface area (Å²) < 4.78 is 5.65. The molecule has 2 aromatic rings. The fourth-order valence-electron chi connectivity index (χ4n) is 2.16. The lowest BCUT2D eigenvalue weighted by Gasteiger charge is -2.16. The Morgan fingerprint density at radius 3 is 2.65 bits per heavy atom. The van der Waals surface area contributed by atoms with Crippen LogP contribution in [0.4, 0.5) is 11.5 Å². The van der Waals surface area contributed by atoms with Crippen molar-refractivity contribution in [1.29, 1.82) is 0 Å². The Morgan fingerprint density at radius 2 is 2.00 bits per heavy atom. The van der Waals surface area contributed by atoms with E-state index in [1.807, 2.05) is 32.0 Å². The van der Waals surface area contributed by atoms with Gasteiger partial charge in [-0.05, 0) is 31.0 Å². The van der Waals surface area contributed by atoms with Gasteiger partial charge in [0, 0.05) is 18.8 Å². The van der Waals surface area contributed by atoms with E-state index < -0.39 is 11.0 Å². The monoisotopic (exact) mass is 317 g/mol. The van der Waals surface area contributed by atoms with E-state index in [4.69, 9.17) is 4.74 Å². The molecule has 1 aromatic heterocycles. The van der Waals surface area contributed by atoms with Gasteiger partial charge in [0.05, 0.1) is 4.92 Å². The lowest BCUT2D eigenvalue weighted by atomic mass is 10.1. The number of nitro groups is 1. The third-order valence-electron chi connectivity index (χ3n) is 3.32. The van der Waals surface area contributed by atoms with Crippen LogP contribution in [0.2, 0.25) is 0 Å². The predicted molar refractivity (Wildman–Crippen MR) is 86.8 cm³/mol. The lowest BCUT2D eigenvalue weighted by Crippen LogP contribution is -2.27. The highest BCUT2D eigenvalue weighted by Crippen LogP contribution is 2.23. The SMILES string of the molecule is Cc1cccc(C)c1OCC(O)CNc1ncccc1[N+](=O)[O-]. The summed E-state index contributed by atoms with van der Waals surface area (Å²) in [5.41, 5.74) is 1.85. The minimum atomic E-state index is -0.824. The second-order valence-corrected chi connectivity index (χ2v) is 5.19. The van der Waals surface area contributed by atoms with Crippen molar-refractivity contribution in [3.8, 4) is 5.75 Å². The number of rotatable bonds is 7. The van der Waals surface area contributed by atoms with Gasteiger partial charge in [0.15, 0.2) is 0 Å². The summed E-state index contributed by atoms with van der Waals surface area (Å²) in [6.07, 6.45) is 0.630. The molecule has 122 valence electrons. The molecule has 0 spiro atoms. The minimum Gasteiger partial charge on any atom is -0.490 e. The van der Waals surface area contributed by atoms with E-state index >= 15 is 0 Å². The van der Waals surface area contributed by atoms with Gasteiger partial charge >= 0.3 is 5.69 Å². The number of ether oxygens (including phenoxy) is 1. The first-order valence-electron chi connectivity index (χ1n) is 7.19. The Labute approximate surface area is 134 Å². The van der Waals surface area contributed by atoms with Crippen LogP contribution in [0.5, 0.6) is 5.75 Å². The molecule has 7 nitrogen and oxygen atoms in total. The number of aliphatic hydroxyl groups is 1. The maximum atomic E-state index is 10.9. The lowest BCUT2D eigenvalue weighted by molar-refractivity contribution is -0.384. The summed E-state index contributed by atoms with van der Waals surface area (Å²) in [7, 11) is 0. The fourth-order valence-corrected chi connectivity index (χ4v) is 2.16. The van der Waals surface area contributed by atoms with E-state index in [-0.39, 0.29) is 24.7 Å². The molecule has 1 aromatic carbocycles. The van der Waals surface area contributed by atoms with Crippen LogP contribution in [-0.2, 0) is 0 Å². The second-order valence-electron chi connectivity index (χ2n) is 5.19. The molecular formula is C16H19N3O4. The van der Waals surface area contributed by atoms with Crippen LogP contribution < -0.4 is 10.1 Å². The first kappa shape index (κ1) is 16.7. The van der Waals surface area contributed by atoms with Crippen LogP contribution in [0, 0.1) is 24.0 Å². The van der Waals surface area contributed by atoms with Gasteiger partial charge in [-0.15, -0.1) is 0 Å². The molecule has 0 saturated carbocycles. The van der Waals surface area contributed by atoms with E-state index in [1.165, 1.54) is 18.3 Å². The summed E-state index contributed by atoms with van der Waals surface area (Å²) in [6.45, 7) is 4.05. The summed E-state index contributed by atoms with van der Waals surface area (Å²) in [5, 5.41) is 23.7. The van der Waals surface area contributed by atoms with Crippen LogP contribution in [0.15, 0.2) is 36.5 Å². The number of anilines is 1. The van der Waals surface area contributed by atoms with Crippen LogP contribution in [0.3, 0.4) is 0 Å². The molecule has 0 saturated heterocycles. The number of benzene rings is 1. The number of para-hydroxylation sites is 1. The largest absolute Gasteiger partial charge is 0.490 e. The number of aromatic nitrogens is 1. The van der Waals surface area contributed by atoms with Gasteiger partial charge < -0.3 is 15.2 Å². The molecule has 0 radical (unpaired) electrons. The second kappa shape index (κ2) is 7.55. The van der Waals surface area contributed by atoms with Crippen molar-refractivity contribution in [2.24, 2.45) is 0 Å². The first-order chi connectivity index (χ1) is 11.0. The zero-order valence-corrected chi connectivity index (χ0v) is 13.0. The van der Waals surface area contributed by atoms with E-state index in [0.717, 1.165) is 16.9 Å². The first-order valence-corrected chi connectivity index (χ1v) is 7.19. The van der Waals surface area contributed by atoms with Gasteiger partial charge in [-0.2, -0.15) is 0 Å². The van der Waals surface area contributed by atoms with Crippen LogP contribution >= 0.6 is 0 Å². The average molecular weight is 317 g/mol. The van der Waals surface area contributed by atoms with Crippen molar-refractivity contribution in [3.63, 3.8) is 0 Å². The Bertz CT molecular complexity index is 671. The summed E-state index contributed by atoms with van der Waals surface area (Å²) >= 11 is 0. The highest BCUT2D eigenvalue weighted by molar-refractivity contribution is 5.55. The molecule has 0 aliphatic carbocycles. The maximum Gasteiger partial charge on any atom is 0.311 e. The quantitative estimate of drug-likeness (QED) is 0.601. The van der Waals surface area contributed by atoms with E-state index in [2.05, 4.69) is 10.3 Å². The van der Waals surface area contributed by atoms with Crippen LogP contribution in [0.1, 0.15) is 11.1 Å². The molecule has 0 fully saturated rings. The molecule has 0 aliphatic heterocycles. The van der Waals surface area contributed by atoms with E-state index in [0.29, 0.717) is 0 Å². The predicted octanol–water partition coefficient (Wildman–Crippen LogP) is 2.46. The number of aliphatic hydroxyl groups excluding tert-OH is 1. The third-order valence-corrected chi connectivity index (χ3v) is 3.32. The van der Waals surface area contributed by atoms with Crippen molar-refractivity contribution < 1.29 is 14.8 Å². The third kappa shape index (κ3) is 4.40. The number of nitrogens with one attached hydrogen (secondary N) is 1. The Kier molecular flexibility index (Phi) is 5.48. The number of nitrogens with zero attached hydrogens (tertiary/aromatic N) is 2. The molecule has 0 bridgehead atoms. The normalized spacial score (nSPS) is 11.8. The smallest absolute Gasteiger partial charge is 0.311 e. The van der Waals surface area contributed by atoms with Gasteiger partial charge in [-0.3, -0.25) is 10.1 Å². The minimum absolute atomic E-state index is 0.0827. The van der Waals surface area contributed by atoms with E-state index in [1.54, 1.807) is 0 Å². The highest BCUT2D eigenvalue weighted by atomic mass is 16.6. The van der Waals surface area contributed by atoms with Gasteiger partial charge in [-0.25, -0.2) is 4.98 Å².